The van der Waals surface area contributed by atoms with Gasteiger partial charge in [-0.15, -0.1) is 0 Å². The maximum atomic E-state index is 12.6. The van der Waals surface area contributed by atoms with Gasteiger partial charge in [-0.05, 0) is 45.0 Å². The summed E-state index contributed by atoms with van der Waals surface area (Å²) in [6.07, 6.45) is -1.48. The fourth-order valence-corrected chi connectivity index (χ4v) is 2.56. The summed E-state index contributed by atoms with van der Waals surface area (Å²) in [7, 11) is 0. The zero-order valence-corrected chi connectivity index (χ0v) is 15.8. The molecule has 0 aliphatic heterocycles. The number of carbonyl (C=O) groups is 2. The first kappa shape index (κ1) is 19.8. The Morgan fingerprint density at radius 2 is 1.65 bits per heavy atom. The predicted octanol–water partition coefficient (Wildman–Crippen LogP) is 5.06. The standard InChI is InChI=1S/C20H22ClNO4/c1-4-25-20(24)22(14(2)3)18(15-10-12-17(21)13-11-15)26-19(23)16-8-6-5-7-9-16/h5-14,18H,4H2,1-3H3. The first-order valence-electron chi connectivity index (χ1n) is 8.40. The second-order valence-electron chi connectivity index (χ2n) is 5.88. The lowest BCUT2D eigenvalue weighted by Gasteiger charge is -2.33. The lowest BCUT2D eigenvalue weighted by atomic mass is 10.1. The molecule has 0 fully saturated rings. The van der Waals surface area contributed by atoms with E-state index in [1.54, 1.807) is 55.5 Å². The van der Waals surface area contributed by atoms with Crippen LogP contribution in [-0.2, 0) is 9.47 Å². The van der Waals surface area contributed by atoms with E-state index in [0.717, 1.165) is 0 Å². The number of ether oxygens (including phenoxy) is 2. The molecular weight excluding hydrogens is 354 g/mol. The Labute approximate surface area is 158 Å². The molecule has 1 unspecified atom stereocenters. The van der Waals surface area contributed by atoms with E-state index < -0.39 is 18.3 Å². The Kier molecular flexibility index (Phi) is 7.04. The van der Waals surface area contributed by atoms with Gasteiger partial charge in [-0.2, -0.15) is 0 Å². The Hall–Kier alpha value is -2.53. The number of carbonyl (C=O) groups excluding carboxylic acids is 2. The van der Waals surface area contributed by atoms with Crippen molar-refractivity contribution in [2.75, 3.05) is 6.61 Å². The Balaban J connectivity index is 2.38. The highest BCUT2D eigenvalue weighted by Crippen LogP contribution is 2.28. The summed E-state index contributed by atoms with van der Waals surface area (Å²) in [6.45, 7) is 5.61. The van der Waals surface area contributed by atoms with Gasteiger partial charge in [-0.1, -0.05) is 41.9 Å². The summed E-state index contributed by atoms with van der Waals surface area (Å²) in [5.74, 6) is -0.527. The van der Waals surface area contributed by atoms with E-state index in [4.69, 9.17) is 21.1 Å². The van der Waals surface area contributed by atoms with E-state index in [1.807, 2.05) is 19.9 Å². The summed E-state index contributed by atoms with van der Waals surface area (Å²) in [4.78, 5) is 26.4. The summed E-state index contributed by atoms with van der Waals surface area (Å²) >= 11 is 5.96. The summed E-state index contributed by atoms with van der Waals surface area (Å²) in [5, 5.41) is 0.550. The zero-order chi connectivity index (χ0) is 19.1. The van der Waals surface area contributed by atoms with Crippen LogP contribution in [0.25, 0.3) is 0 Å². The molecule has 6 heteroatoms. The molecule has 138 valence electrons. The van der Waals surface area contributed by atoms with Gasteiger partial charge < -0.3 is 9.47 Å². The molecule has 5 nitrogen and oxygen atoms in total. The Morgan fingerprint density at radius 3 is 2.19 bits per heavy atom. The predicted molar refractivity (Wildman–Crippen MR) is 100 cm³/mol. The highest BCUT2D eigenvalue weighted by Gasteiger charge is 2.32. The fourth-order valence-electron chi connectivity index (χ4n) is 2.43. The molecular formula is C20H22ClNO4. The van der Waals surface area contributed by atoms with Crippen molar-refractivity contribution in [2.45, 2.75) is 33.0 Å². The number of hydrogen-bond donors (Lipinski definition) is 0. The molecule has 2 aromatic carbocycles. The molecule has 0 spiro atoms. The first-order valence-corrected chi connectivity index (χ1v) is 8.78. The van der Waals surface area contributed by atoms with Crippen LogP contribution in [0.2, 0.25) is 5.02 Å². The molecule has 0 radical (unpaired) electrons. The number of hydrogen-bond acceptors (Lipinski definition) is 4. The van der Waals surface area contributed by atoms with E-state index in [-0.39, 0.29) is 12.6 Å². The van der Waals surface area contributed by atoms with Gasteiger partial charge in [0.2, 0.25) is 6.23 Å². The van der Waals surface area contributed by atoms with Gasteiger partial charge in [0.15, 0.2) is 0 Å². The monoisotopic (exact) mass is 375 g/mol. The van der Waals surface area contributed by atoms with Crippen molar-refractivity contribution in [1.29, 1.82) is 0 Å². The fraction of sp³-hybridized carbons (Fsp3) is 0.300. The van der Waals surface area contributed by atoms with E-state index in [1.165, 1.54) is 4.90 Å². The van der Waals surface area contributed by atoms with Gasteiger partial charge in [0, 0.05) is 16.6 Å². The summed E-state index contributed by atoms with van der Waals surface area (Å²) < 4.78 is 10.8. The van der Waals surface area contributed by atoms with Crippen molar-refractivity contribution in [2.24, 2.45) is 0 Å². The normalized spacial score (nSPS) is 11.7. The number of halogens is 1. The van der Waals surface area contributed by atoms with Crippen molar-refractivity contribution in [3.63, 3.8) is 0 Å². The average Bonchev–Trinajstić information content (AvgIpc) is 2.62. The van der Waals surface area contributed by atoms with Gasteiger partial charge >= 0.3 is 12.1 Å². The lowest BCUT2D eigenvalue weighted by Crippen LogP contribution is -2.42. The van der Waals surface area contributed by atoms with Crippen LogP contribution in [0.1, 0.15) is 42.9 Å². The molecule has 0 saturated heterocycles. The number of amides is 1. The highest BCUT2D eigenvalue weighted by atomic mass is 35.5. The van der Waals surface area contributed by atoms with E-state index in [2.05, 4.69) is 0 Å². The molecule has 0 saturated carbocycles. The van der Waals surface area contributed by atoms with Gasteiger partial charge in [0.25, 0.3) is 0 Å². The van der Waals surface area contributed by atoms with Crippen LogP contribution in [0.5, 0.6) is 0 Å². The van der Waals surface area contributed by atoms with Gasteiger partial charge in [0.05, 0.1) is 12.2 Å². The van der Waals surface area contributed by atoms with Crippen LogP contribution < -0.4 is 0 Å². The molecule has 0 bridgehead atoms. The van der Waals surface area contributed by atoms with Crippen molar-refractivity contribution < 1.29 is 19.1 Å². The minimum atomic E-state index is -0.931. The largest absolute Gasteiger partial charge is 0.450 e. The molecule has 0 aliphatic rings. The molecule has 0 aliphatic carbocycles. The number of benzene rings is 2. The van der Waals surface area contributed by atoms with Crippen molar-refractivity contribution in [3.05, 3.63) is 70.7 Å². The third kappa shape index (κ3) is 4.99. The highest BCUT2D eigenvalue weighted by molar-refractivity contribution is 6.30. The summed E-state index contributed by atoms with van der Waals surface area (Å²) in [6, 6.07) is 15.2. The SMILES string of the molecule is CCOC(=O)N(C(C)C)C(OC(=O)c1ccccc1)c1ccc(Cl)cc1. The Bertz CT molecular complexity index is 731. The second kappa shape index (κ2) is 9.25. The number of nitrogens with zero attached hydrogens (tertiary/aromatic N) is 1. The number of esters is 1. The molecule has 1 amide bonds. The zero-order valence-electron chi connectivity index (χ0n) is 15.0. The lowest BCUT2D eigenvalue weighted by molar-refractivity contribution is -0.0420. The van der Waals surface area contributed by atoms with Crippen LogP contribution >= 0.6 is 11.6 Å². The summed E-state index contributed by atoms with van der Waals surface area (Å²) in [5.41, 5.74) is 1.03. The molecule has 0 N–H and O–H groups in total. The minimum Gasteiger partial charge on any atom is -0.450 e. The first-order chi connectivity index (χ1) is 12.4. The van der Waals surface area contributed by atoms with E-state index in [0.29, 0.717) is 16.1 Å². The van der Waals surface area contributed by atoms with Crippen molar-refractivity contribution >= 4 is 23.7 Å². The molecule has 0 heterocycles. The molecule has 2 aromatic rings. The topological polar surface area (TPSA) is 55.8 Å². The number of rotatable bonds is 6. The van der Waals surface area contributed by atoms with E-state index in [9.17, 15) is 9.59 Å². The second-order valence-corrected chi connectivity index (χ2v) is 6.31. The molecule has 26 heavy (non-hydrogen) atoms. The third-order valence-corrected chi connectivity index (χ3v) is 3.92. The van der Waals surface area contributed by atoms with Crippen molar-refractivity contribution in [3.8, 4) is 0 Å². The minimum absolute atomic E-state index is 0.224. The van der Waals surface area contributed by atoms with Crippen LogP contribution in [0, 0.1) is 0 Å². The van der Waals surface area contributed by atoms with Crippen LogP contribution in [0.15, 0.2) is 54.6 Å². The third-order valence-electron chi connectivity index (χ3n) is 3.67. The van der Waals surface area contributed by atoms with Crippen LogP contribution in [0.3, 0.4) is 0 Å². The van der Waals surface area contributed by atoms with Gasteiger partial charge in [-0.3, -0.25) is 4.90 Å². The maximum absolute atomic E-state index is 12.6. The average molecular weight is 376 g/mol. The van der Waals surface area contributed by atoms with Crippen LogP contribution in [-0.4, -0.2) is 29.6 Å². The van der Waals surface area contributed by atoms with Gasteiger partial charge in [-0.25, -0.2) is 9.59 Å². The van der Waals surface area contributed by atoms with Crippen molar-refractivity contribution in [1.82, 2.24) is 4.90 Å². The molecule has 0 aromatic heterocycles. The van der Waals surface area contributed by atoms with Crippen LogP contribution in [0.4, 0.5) is 4.79 Å². The quantitative estimate of drug-likeness (QED) is 0.523. The van der Waals surface area contributed by atoms with E-state index >= 15 is 0 Å². The van der Waals surface area contributed by atoms with Gasteiger partial charge in [0.1, 0.15) is 0 Å². The maximum Gasteiger partial charge on any atom is 0.413 e. The smallest absolute Gasteiger partial charge is 0.413 e. The Morgan fingerprint density at radius 1 is 1.04 bits per heavy atom. The molecule has 2 rings (SSSR count). The molecule has 1 atom stereocenters.